The van der Waals surface area contributed by atoms with Crippen LogP contribution in [0.15, 0.2) is 42.6 Å². The van der Waals surface area contributed by atoms with E-state index in [1.165, 1.54) is 25.0 Å². The Balaban J connectivity index is 1.55. The van der Waals surface area contributed by atoms with Gasteiger partial charge in [0.05, 0.1) is 0 Å². The van der Waals surface area contributed by atoms with E-state index in [-0.39, 0.29) is 17.8 Å². The molecule has 0 unspecified atom stereocenters. The summed E-state index contributed by atoms with van der Waals surface area (Å²) in [5, 5.41) is 0. The summed E-state index contributed by atoms with van der Waals surface area (Å²) in [6, 6.07) is 10.6. The van der Waals surface area contributed by atoms with E-state index in [9.17, 15) is 9.18 Å². The molecule has 1 aromatic heterocycles. The quantitative estimate of drug-likeness (QED) is 0.835. The van der Waals surface area contributed by atoms with Crippen molar-refractivity contribution in [3.63, 3.8) is 0 Å². The number of amides is 1. The molecule has 0 spiro atoms. The fraction of sp³-hybridized carbons (Fsp3) is 0.400. The third kappa shape index (κ3) is 3.65. The van der Waals surface area contributed by atoms with Crippen molar-refractivity contribution >= 4 is 11.6 Å². The lowest BCUT2D eigenvalue weighted by atomic mass is 10.2. The number of carbonyl (C=O) groups excluding carboxylic acids is 1. The molecule has 1 saturated carbocycles. The lowest BCUT2D eigenvalue weighted by molar-refractivity contribution is 0.0723. The minimum Gasteiger partial charge on any atom is -0.371 e. The molecule has 4 rings (SSSR count). The smallest absolute Gasteiger partial charge is 0.273 e. The predicted octanol–water partition coefficient (Wildman–Crippen LogP) is 3.63. The number of hydrogen-bond acceptors (Lipinski definition) is 3. The van der Waals surface area contributed by atoms with E-state index in [0.717, 1.165) is 37.2 Å². The summed E-state index contributed by atoms with van der Waals surface area (Å²) in [7, 11) is 0. The van der Waals surface area contributed by atoms with Gasteiger partial charge < -0.3 is 9.80 Å². The molecule has 2 heterocycles. The average Bonchev–Trinajstić information content (AvgIpc) is 3.32. The first-order valence-corrected chi connectivity index (χ1v) is 8.97. The molecule has 0 atom stereocenters. The van der Waals surface area contributed by atoms with E-state index >= 15 is 0 Å². The van der Waals surface area contributed by atoms with Crippen LogP contribution in [0.25, 0.3) is 0 Å². The SMILES string of the molecule is O=C(c1cc(N2CCCC2)ccn1)N(Cc1cccc(F)c1)C1CC1. The molecule has 0 radical (unpaired) electrons. The number of anilines is 1. The zero-order valence-corrected chi connectivity index (χ0v) is 14.2. The fourth-order valence-electron chi connectivity index (χ4n) is 3.44. The summed E-state index contributed by atoms with van der Waals surface area (Å²) >= 11 is 0. The summed E-state index contributed by atoms with van der Waals surface area (Å²) < 4.78 is 13.5. The Morgan fingerprint density at radius 1 is 1.20 bits per heavy atom. The third-order valence-electron chi connectivity index (χ3n) is 4.92. The van der Waals surface area contributed by atoms with Gasteiger partial charge in [-0.15, -0.1) is 0 Å². The molecule has 4 nitrogen and oxygen atoms in total. The largest absolute Gasteiger partial charge is 0.371 e. The van der Waals surface area contributed by atoms with E-state index in [1.807, 2.05) is 23.1 Å². The van der Waals surface area contributed by atoms with Crippen molar-refractivity contribution in [2.75, 3.05) is 18.0 Å². The Bertz CT molecular complexity index is 769. The lowest BCUT2D eigenvalue weighted by Crippen LogP contribution is -2.33. The van der Waals surface area contributed by atoms with Gasteiger partial charge in [0.1, 0.15) is 11.5 Å². The molecule has 1 aromatic carbocycles. The van der Waals surface area contributed by atoms with Gasteiger partial charge in [-0.05, 0) is 55.5 Å². The van der Waals surface area contributed by atoms with Crippen molar-refractivity contribution in [3.05, 3.63) is 59.7 Å². The van der Waals surface area contributed by atoms with Crippen LogP contribution in [0, 0.1) is 5.82 Å². The zero-order chi connectivity index (χ0) is 17.2. The highest BCUT2D eigenvalue weighted by Crippen LogP contribution is 2.30. The van der Waals surface area contributed by atoms with Gasteiger partial charge in [-0.3, -0.25) is 9.78 Å². The van der Waals surface area contributed by atoms with Crippen LogP contribution in [0.5, 0.6) is 0 Å². The Kier molecular flexibility index (Phi) is 4.38. The van der Waals surface area contributed by atoms with Crippen molar-refractivity contribution in [1.29, 1.82) is 0 Å². The van der Waals surface area contributed by atoms with E-state index < -0.39 is 0 Å². The molecule has 0 N–H and O–H groups in total. The first-order chi connectivity index (χ1) is 12.2. The first-order valence-electron chi connectivity index (χ1n) is 8.97. The molecular formula is C20H22FN3O. The van der Waals surface area contributed by atoms with Crippen LogP contribution >= 0.6 is 0 Å². The van der Waals surface area contributed by atoms with Gasteiger partial charge in [0.15, 0.2) is 0 Å². The molecule has 1 aliphatic carbocycles. The Morgan fingerprint density at radius 2 is 2.00 bits per heavy atom. The number of aromatic nitrogens is 1. The van der Waals surface area contributed by atoms with E-state index in [1.54, 1.807) is 12.3 Å². The number of pyridine rings is 1. The summed E-state index contributed by atoms with van der Waals surface area (Å²) in [4.78, 5) is 21.5. The van der Waals surface area contributed by atoms with Crippen molar-refractivity contribution in [2.45, 2.75) is 38.3 Å². The zero-order valence-electron chi connectivity index (χ0n) is 14.2. The number of benzene rings is 1. The minimum absolute atomic E-state index is 0.0622. The van der Waals surface area contributed by atoms with Gasteiger partial charge in [-0.25, -0.2) is 4.39 Å². The second-order valence-electron chi connectivity index (χ2n) is 6.89. The van der Waals surface area contributed by atoms with Crippen LogP contribution in [-0.2, 0) is 6.54 Å². The van der Waals surface area contributed by atoms with Crippen LogP contribution in [0.4, 0.5) is 10.1 Å². The highest BCUT2D eigenvalue weighted by molar-refractivity contribution is 5.93. The summed E-state index contributed by atoms with van der Waals surface area (Å²) in [6.07, 6.45) is 6.12. The molecule has 2 aromatic rings. The normalized spacial score (nSPS) is 16.9. The number of nitrogens with zero attached hydrogens (tertiary/aromatic N) is 3. The molecule has 1 aliphatic heterocycles. The maximum atomic E-state index is 13.5. The molecule has 0 bridgehead atoms. The van der Waals surface area contributed by atoms with Gasteiger partial charge in [0, 0.05) is 37.6 Å². The van der Waals surface area contributed by atoms with Gasteiger partial charge in [-0.1, -0.05) is 12.1 Å². The monoisotopic (exact) mass is 339 g/mol. The Hall–Kier alpha value is -2.43. The van der Waals surface area contributed by atoms with Crippen molar-refractivity contribution < 1.29 is 9.18 Å². The first kappa shape index (κ1) is 16.1. The van der Waals surface area contributed by atoms with Crippen molar-refractivity contribution in [3.8, 4) is 0 Å². The summed E-state index contributed by atoms with van der Waals surface area (Å²) in [5.74, 6) is -0.331. The van der Waals surface area contributed by atoms with Gasteiger partial charge in [0.2, 0.25) is 0 Å². The average molecular weight is 339 g/mol. The Labute approximate surface area is 147 Å². The molecule has 25 heavy (non-hydrogen) atoms. The molecule has 1 amide bonds. The van der Waals surface area contributed by atoms with Crippen LogP contribution in [0.2, 0.25) is 0 Å². The number of hydrogen-bond donors (Lipinski definition) is 0. The molecule has 1 saturated heterocycles. The lowest BCUT2D eigenvalue weighted by Gasteiger charge is -2.23. The molecule has 130 valence electrons. The van der Waals surface area contributed by atoms with Crippen LogP contribution in [-0.4, -0.2) is 34.9 Å². The maximum Gasteiger partial charge on any atom is 0.273 e. The van der Waals surface area contributed by atoms with Crippen LogP contribution in [0.3, 0.4) is 0 Å². The standard InChI is InChI=1S/C20H22FN3O/c21-16-5-3-4-15(12-16)14-24(17-6-7-17)20(25)19-13-18(8-9-22-19)23-10-1-2-11-23/h3-5,8-9,12-13,17H,1-2,6-7,10-11,14H2. The highest BCUT2D eigenvalue weighted by atomic mass is 19.1. The van der Waals surface area contributed by atoms with Crippen LogP contribution < -0.4 is 4.90 Å². The fourth-order valence-corrected chi connectivity index (χ4v) is 3.44. The maximum absolute atomic E-state index is 13.5. The summed E-state index contributed by atoms with van der Waals surface area (Å²) in [5.41, 5.74) is 2.36. The number of halogens is 1. The van der Waals surface area contributed by atoms with Gasteiger partial charge >= 0.3 is 0 Å². The van der Waals surface area contributed by atoms with E-state index in [2.05, 4.69) is 9.88 Å². The second-order valence-corrected chi connectivity index (χ2v) is 6.89. The van der Waals surface area contributed by atoms with Gasteiger partial charge in [0.25, 0.3) is 5.91 Å². The minimum atomic E-state index is -0.269. The van der Waals surface area contributed by atoms with Crippen molar-refractivity contribution in [1.82, 2.24) is 9.88 Å². The number of rotatable bonds is 5. The topological polar surface area (TPSA) is 36.4 Å². The highest BCUT2D eigenvalue weighted by Gasteiger charge is 2.33. The Morgan fingerprint density at radius 3 is 2.72 bits per heavy atom. The van der Waals surface area contributed by atoms with Crippen molar-refractivity contribution in [2.24, 2.45) is 0 Å². The second kappa shape index (κ2) is 6.82. The molecule has 2 fully saturated rings. The number of carbonyl (C=O) groups is 1. The molecule has 5 heteroatoms. The summed E-state index contributed by atoms with van der Waals surface area (Å²) in [6.45, 7) is 2.50. The van der Waals surface area contributed by atoms with Crippen LogP contribution in [0.1, 0.15) is 41.7 Å². The van der Waals surface area contributed by atoms with E-state index in [4.69, 9.17) is 0 Å². The predicted molar refractivity (Wildman–Crippen MR) is 95.0 cm³/mol. The molecular weight excluding hydrogens is 317 g/mol. The third-order valence-corrected chi connectivity index (χ3v) is 4.92. The van der Waals surface area contributed by atoms with Gasteiger partial charge in [-0.2, -0.15) is 0 Å². The van der Waals surface area contributed by atoms with E-state index in [0.29, 0.717) is 12.2 Å². The molecule has 2 aliphatic rings.